The highest BCUT2D eigenvalue weighted by molar-refractivity contribution is 8.18. The highest BCUT2D eigenvalue weighted by atomic mass is 32.2. The Bertz CT molecular complexity index is 1050. The number of hydrogen-bond acceptors (Lipinski definition) is 4. The van der Waals surface area contributed by atoms with Gasteiger partial charge in [0, 0.05) is 5.69 Å². The summed E-state index contributed by atoms with van der Waals surface area (Å²) >= 11 is 0.636. The molecule has 1 aliphatic rings. The normalized spacial score (nSPS) is 15.8. The van der Waals surface area contributed by atoms with Crippen LogP contribution in [0.3, 0.4) is 0 Å². The lowest BCUT2D eigenvalue weighted by atomic mass is 10.1. The average Bonchev–Trinajstić information content (AvgIpc) is 2.91. The molecule has 9 heteroatoms. The number of hydrogen-bond donors (Lipinski definition) is 1. The summed E-state index contributed by atoms with van der Waals surface area (Å²) in [5.74, 6) is -1.19. The van der Waals surface area contributed by atoms with Crippen LogP contribution < -0.4 is 5.32 Å². The van der Waals surface area contributed by atoms with Crippen molar-refractivity contribution in [3.8, 4) is 0 Å². The van der Waals surface area contributed by atoms with E-state index in [2.05, 4.69) is 5.32 Å². The maximum absolute atomic E-state index is 12.6. The molecule has 1 N–H and O–H groups in total. The summed E-state index contributed by atoms with van der Waals surface area (Å²) in [6.45, 7) is 3.29. The van der Waals surface area contributed by atoms with Gasteiger partial charge in [-0.15, -0.1) is 0 Å². The molecule has 1 heterocycles. The average molecular weight is 434 g/mol. The maximum Gasteiger partial charge on any atom is 0.416 e. The van der Waals surface area contributed by atoms with Crippen LogP contribution >= 0.6 is 11.8 Å². The molecule has 5 nitrogen and oxygen atoms in total. The van der Waals surface area contributed by atoms with E-state index >= 15 is 0 Å². The molecular formula is C21H17F3N2O3S. The number of anilines is 1. The van der Waals surface area contributed by atoms with E-state index in [9.17, 15) is 27.6 Å². The third-order valence-electron chi connectivity index (χ3n) is 4.37. The van der Waals surface area contributed by atoms with E-state index in [1.165, 1.54) is 18.2 Å². The number of benzene rings is 2. The van der Waals surface area contributed by atoms with E-state index < -0.39 is 35.3 Å². The van der Waals surface area contributed by atoms with Crippen molar-refractivity contribution in [2.24, 2.45) is 0 Å². The molecule has 30 heavy (non-hydrogen) atoms. The third kappa shape index (κ3) is 4.91. The molecule has 3 rings (SSSR count). The van der Waals surface area contributed by atoms with Crippen molar-refractivity contribution in [1.82, 2.24) is 4.90 Å². The number of halogens is 3. The summed E-state index contributed by atoms with van der Waals surface area (Å²) in [7, 11) is 0. The van der Waals surface area contributed by atoms with Gasteiger partial charge in [-0.3, -0.25) is 19.3 Å². The largest absolute Gasteiger partial charge is 0.416 e. The Morgan fingerprint density at radius 3 is 2.37 bits per heavy atom. The molecule has 3 amide bonds. The van der Waals surface area contributed by atoms with Crippen molar-refractivity contribution in [3.05, 3.63) is 69.6 Å². The smallest absolute Gasteiger partial charge is 0.324 e. The number of imide groups is 1. The molecule has 0 aliphatic carbocycles. The molecule has 0 saturated carbocycles. The second-order valence-corrected chi connectivity index (χ2v) is 7.75. The van der Waals surface area contributed by atoms with Crippen molar-refractivity contribution < 1.29 is 27.6 Å². The number of aryl methyl sites for hydroxylation is 2. The minimum atomic E-state index is -4.46. The Morgan fingerprint density at radius 2 is 1.77 bits per heavy atom. The molecule has 156 valence electrons. The zero-order chi connectivity index (χ0) is 22.1. The number of carbonyl (C=O) groups excluding carboxylic acids is 3. The first-order valence-corrected chi connectivity index (χ1v) is 9.66. The Morgan fingerprint density at radius 1 is 1.10 bits per heavy atom. The molecule has 2 aromatic rings. The standard InChI is InChI=1S/C21H17F3N2O3S/c1-12-3-8-16(13(2)9-12)25-18(27)11-26-19(28)17(30-20(26)29)10-14-4-6-15(7-5-14)21(22,23)24/h3-10H,11H2,1-2H3,(H,25,27)/b17-10-. The molecule has 0 aromatic heterocycles. The van der Waals surface area contributed by atoms with Gasteiger partial charge >= 0.3 is 6.18 Å². The molecule has 1 fully saturated rings. The Balaban J connectivity index is 1.69. The topological polar surface area (TPSA) is 66.5 Å². The van der Waals surface area contributed by atoms with Crippen LogP contribution in [0.1, 0.15) is 22.3 Å². The molecule has 1 saturated heterocycles. The Kier molecular flexibility index (Phi) is 6.02. The monoisotopic (exact) mass is 434 g/mol. The van der Waals surface area contributed by atoms with Crippen LogP contribution in [0.2, 0.25) is 0 Å². The predicted molar refractivity (Wildman–Crippen MR) is 109 cm³/mol. The molecule has 0 bridgehead atoms. The van der Waals surface area contributed by atoms with Crippen LogP contribution in [-0.2, 0) is 15.8 Å². The van der Waals surface area contributed by atoms with E-state index in [1.807, 2.05) is 26.0 Å². The zero-order valence-corrected chi connectivity index (χ0v) is 16.9. The molecule has 2 aromatic carbocycles. The summed E-state index contributed by atoms with van der Waals surface area (Å²) in [6, 6.07) is 9.67. The van der Waals surface area contributed by atoms with Crippen LogP contribution in [0.4, 0.5) is 23.7 Å². The van der Waals surface area contributed by atoms with Crippen molar-refractivity contribution >= 4 is 40.6 Å². The number of nitrogens with one attached hydrogen (secondary N) is 1. The quantitative estimate of drug-likeness (QED) is 0.688. The number of carbonyl (C=O) groups is 3. The van der Waals surface area contributed by atoms with E-state index in [0.29, 0.717) is 23.0 Å². The lowest BCUT2D eigenvalue weighted by Crippen LogP contribution is -2.36. The molecule has 0 unspecified atom stereocenters. The lowest BCUT2D eigenvalue weighted by molar-refractivity contribution is -0.137. The summed E-state index contributed by atoms with van der Waals surface area (Å²) in [5.41, 5.74) is 1.99. The van der Waals surface area contributed by atoms with Crippen molar-refractivity contribution in [2.45, 2.75) is 20.0 Å². The fraction of sp³-hybridized carbons (Fsp3) is 0.190. The van der Waals surface area contributed by atoms with Crippen molar-refractivity contribution in [2.75, 3.05) is 11.9 Å². The number of alkyl halides is 3. The van der Waals surface area contributed by atoms with Gasteiger partial charge in [0.25, 0.3) is 11.1 Å². The highest BCUT2D eigenvalue weighted by Gasteiger charge is 2.36. The fourth-order valence-electron chi connectivity index (χ4n) is 2.84. The number of thioether (sulfide) groups is 1. The maximum atomic E-state index is 12.6. The van der Waals surface area contributed by atoms with Crippen LogP contribution in [-0.4, -0.2) is 28.5 Å². The van der Waals surface area contributed by atoms with Crippen molar-refractivity contribution in [1.29, 1.82) is 0 Å². The number of rotatable bonds is 4. The van der Waals surface area contributed by atoms with Gasteiger partial charge in [-0.2, -0.15) is 13.2 Å². The van der Waals surface area contributed by atoms with Gasteiger partial charge in [0.15, 0.2) is 0 Å². The number of amides is 3. The summed E-state index contributed by atoms with van der Waals surface area (Å²) in [4.78, 5) is 37.8. The first-order chi connectivity index (χ1) is 14.0. The van der Waals surface area contributed by atoms with Gasteiger partial charge in [-0.25, -0.2) is 0 Å². The third-order valence-corrected chi connectivity index (χ3v) is 5.27. The van der Waals surface area contributed by atoms with Crippen LogP contribution in [0.15, 0.2) is 47.4 Å². The summed E-state index contributed by atoms with van der Waals surface area (Å²) < 4.78 is 37.9. The molecule has 0 atom stereocenters. The van der Waals surface area contributed by atoms with Crippen LogP contribution in [0.25, 0.3) is 6.08 Å². The summed E-state index contributed by atoms with van der Waals surface area (Å²) in [6.07, 6.45) is -3.13. The van der Waals surface area contributed by atoms with Gasteiger partial charge in [0.05, 0.1) is 10.5 Å². The Labute approximate surface area is 174 Å². The van der Waals surface area contributed by atoms with Gasteiger partial charge in [-0.05, 0) is 61.0 Å². The first kappa shape index (κ1) is 21.6. The fourth-order valence-corrected chi connectivity index (χ4v) is 3.68. The minimum absolute atomic E-state index is 0.0408. The van der Waals surface area contributed by atoms with Gasteiger partial charge in [0.1, 0.15) is 6.54 Å². The van der Waals surface area contributed by atoms with Crippen LogP contribution in [0.5, 0.6) is 0 Å². The minimum Gasteiger partial charge on any atom is -0.324 e. The second kappa shape index (κ2) is 8.35. The molecule has 0 spiro atoms. The van der Waals surface area contributed by atoms with Gasteiger partial charge in [0.2, 0.25) is 5.91 Å². The predicted octanol–water partition coefficient (Wildman–Crippen LogP) is 5.00. The molecular weight excluding hydrogens is 417 g/mol. The van der Waals surface area contributed by atoms with E-state index in [0.717, 1.165) is 28.2 Å². The van der Waals surface area contributed by atoms with E-state index in [4.69, 9.17) is 0 Å². The Hall–Kier alpha value is -3.07. The highest BCUT2D eigenvalue weighted by Crippen LogP contribution is 2.33. The first-order valence-electron chi connectivity index (χ1n) is 8.84. The number of nitrogens with zero attached hydrogens (tertiary/aromatic N) is 1. The SMILES string of the molecule is Cc1ccc(NC(=O)CN2C(=O)S/C(=C\c3ccc(C(F)(F)F)cc3)C2=O)c(C)c1. The van der Waals surface area contributed by atoms with E-state index in [1.54, 1.807) is 6.07 Å². The van der Waals surface area contributed by atoms with Crippen LogP contribution in [0, 0.1) is 13.8 Å². The summed E-state index contributed by atoms with van der Waals surface area (Å²) in [5, 5.41) is 2.05. The van der Waals surface area contributed by atoms with Gasteiger partial charge in [-0.1, -0.05) is 29.8 Å². The lowest BCUT2D eigenvalue weighted by Gasteiger charge is -2.14. The van der Waals surface area contributed by atoms with Crippen molar-refractivity contribution in [3.63, 3.8) is 0 Å². The molecule has 1 aliphatic heterocycles. The van der Waals surface area contributed by atoms with Gasteiger partial charge < -0.3 is 5.32 Å². The second-order valence-electron chi connectivity index (χ2n) is 6.75. The molecule has 0 radical (unpaired) electrons. The van der Waals surface area contributed by atoms with E-state index in [-0.39, 0.29) is 4.91 Å². The zero-order valence-electron chi connectivity index (χ0n) is 16.0.